The SMILES string of the molecule is CNCc1ccccc1OCCOCCOCCOC. The number of ether oxygens (including phenoxy) is 4. The molecule has 1 aromatic carbocycles. The lowest BCUT2D eigenvalue weighted by atomic mass is 10.2. The summed E-state index contributed by atoms with van der Waals surface area (Å²) in [5, 5.41) is 3.12. The van der Waals surface area contributed by atoms with Crippen LogP contribution in [0.4, 0.5) is 0 Å². The Hall–Kier alpha value is -1.14. The fraction of sp³-hybridized carbons (Fsp3) is 0.600. The predicted octanol–water partition coefficient (Wildman–Crippen LogP) is 1.46. The van der Waals surface area contributed by atoms with Crippen molar-refractivity contribution in [3.8, 4) is 5.75 Å². The summed E-state index contributed by atoms with van der Waals surface area (Å²) in [7, 11) is 3.58. The van der Waals surface area contributed by atoms with E-state index in [1.165, 1.54) is 0 Å². The molecule has 0 unspecified atom stereocenters. The Bertz CT molecular complexity index is 346. The lowest BCUT2D eigenvalue weighted by molar-refractivity contribution is 0.0179. The Balaban J connectivity index is 2.06. The molecule has 1 rings (SSSR count). The molecule has 20 heavy (non-hydrogen) atoms. The molecule has 0 fully saturated rings. The zero-order valence-electron chi connectivity index (χ0n) is 12.4. The molecular weight excluding hydrogens is 258 g/mol. The fourth-order valence-electron chi connectivity index (χ4n) is 1.66. The summed E-state index contributed by atoms with van der Waals surface area (Å²) >= 11 is 0. The maximum atomic E-state index is 5.71. The minimum absolute atomic E-state index is 0.540. The first-order valence-electron chi connectivity index (χ1n) is 6.88. The van der Waals surface area contributed by atoms with E-state index in [4.69, 9.17) is 18.9 Å². The van der Waals surface area contributed by atoms with Gasteiger partial charge in [0.25, 0.3) is 0 Å². The molecule has 0 saturated carbocycles. The van der Waals surface area contributed by atoms with Crippen LogP contribution in [0.15, 0.2) is 24.3 Å². The summed E-state index contributed by atoms with van der Waals surface area (Å²) in [6.07, 6.45) is 0. The monoisotopic (exact) mass is 283 g/mol. The van der Waals surface area contributed by atoms with Gasteiger partial charge in [-0.1, -0.05) is 18.2 Å². The normalized spacial score (nSPS) is 10.7. The summed E-state index contributed by atoms with van der Waals surface area (Å²) in [6.45, 7) is 4.27. The summed E-state index contributed by atoms with van der Waals surface area (Å²) < 4.78 is 21.3. The van der Waals surface area contributed by atoms with Crippen LogP contribution in [0.25, 0.3) is 0 Å². The lowest BCUT2D eigenvalue weighted by Crippen LogP contribution is -2.13. The molecule has 0 atom stereocenters. The number of para-hydroxylation sites is 1. The molecule has 0 radical (unpaired) electrons. The van der Waals surface area contributed by atoms with Crippen LogP contribution >= 0.6 is 0 Å². The van der Waals surface area contributed by atoms with Crippen LogP contribution in [0.5, 0.6) is 5.75 Å². The average Bonchev–Trinajstić information content (AvgIpc) is 2.47. The third-order valence-electron chi connectivity index (χ3n) is 2.63. The molecule has 1 aromatic rings. The number of nitrogens with one attached hydrogen (secondary N) is 1. The van der Waals surface area contributed by atoms with E-state index in [-0.39, 0.29) is 0 Å². The van der Waals surface area contributed by atoms with Gasteiger partial charge in [0.2, 0.25) is 0 Å². The van der Waals surface area contributed by atoms with E-state index in [0.717, 1.165) is 17.9 Å². The van der Waals surface area contributed by atoms with E-state index in [0.29, 0.717) is 39.6 Å². The third-order valence-corrected chi connectivity index (χ3v) is 2.63. The zero-order valence-corrected chi connectivity index (χ0v) is 12.4. The van der Waals surface area contributed by atoms with Crippen LogP contribution in [0.2, 0.25) is 0 Å². The maximum Gasteiger partial charge on any atom is 0.123 e. The van der Waals surface area contributed by atoms with Gasteiger partial charge < -0.3 is 24.3 Å². The second-order valence-corrected chi connectivity index (χ2v) is 4.20. The van der Waals surface area contributed by atoms with Crippen molar-refractivity contribution in [1.82, 2.24) is 5.32 Å². The molecule has 0 aliphatic heterocycles. The van der Waals surface area contributed by atoms with Gasteiger partial charge in [-0.3, -0.25) is 0 Å². The van der Waals surface area contributed by atoms with Crippen LogP contribution in [0.1, 0.15) is 5.56 Å². The summed E-state index contributed by atoms with van der Waals surface area (Å²) in [4.78, 5) is 0. The van der Waals surface area contributed by atoms with Gasteiger partial charge in [-0.15, -0.1) is 0 Å². The van der Waals surface area contributed by atoms with Crippen LogP contribution in [0, 0.1) is 0 Å². The Morgan fingerprint density at radius 3 is 2.25 bits per heavy atom. The number of rotatable bonds is 12. The first kappa shape index (κ1) is 16.9. The number of hydrogen-bond acceptors (Lipinski definition) is 5. The standard InChI is InChI=1S/C15H25NO4/c1-16-13-14-5-3-4-6-15(14)20-12-11-19-10-9-18-8-7-17-2/h3-6,16H,7-13H2,1-2H3. The van der Waals surface area contributed by atoms with Crippen molar-refractivity contribution in [3.05, 3.63) is 29.8 Å². The van der Waals surface area contributed by atoms with Crippen molar-refractivity contribution in [3.63, 3.8) is 0 Å². The second kappa shape index (κ2) is 11.7. The second-order valence-electron chi connectivity index (χ2n) is 4.20. The van der Waals surface area contributed by atoms with Gasteiger partial charge in [0.1, 0.15) is 12.4 Å². The van der Waals surface area contributed by atoms with E-state index in [9.17, 15) is 0 Å². The highest BCUT2D eigenvalue weighted by atomic mass is 16.6. The fourth-order valence-corrected chi connectivity index (χ4v) is 1.66. The van der Waals surface area contributed by atoms with E-state index in [1.54, 1.807) is 7.11 Å². The van der Waals surface area contributed by atoms with Crippen LogP contribution in [-0.4, -0.2) is 53.8 Å². The van der Waals surface area contributed by atoms with Crippen LogP contribution < -0.4 is 10.1 Å². The van der Waals surface area contributed by atoms with Crippen molar-refractivity contribution < 1.29 is 18.9 Å². The van der Waals surface area contributed by atoms with Gasteiger partial charge in [0.05, 0.1) is 33.0 Å². The van der Waals surface area contributed by atoms with E-state index in [2.05, 4.69) is 11.4 Å². The highest BCUT2D eigenvalue weighted by molar-refractivity contribution is 5.33. The minimum atomic E-state index is 0.540. The molecule has 0 bridgehead atoms. The Morgan fingerprint density at radius 2 is 1.55 bits per heavy atom. The quantitative estimate of drug-likeness (QED) is 0.589. The van der Waals surface area contributed by atoms with Crippen LogP contribution in [-0.2, 0) is 20.8 Å². The first-order valence-corrected chi connectivity index (χ1v) is 6.88. The van der Waals surface area contributed by atoms with Crippen molar-refractivity contribution in [2.45, 2.75) is 6.54 Å². The van der Waals surface area contributed by atoms with E-state index < -0.39 is 0 Å². The number of hydrogen-bond donors (Lipinski definition) is 1. The molecule has 0 aliphatic carbocycles. The van der Waals surface area contributed by atoms with Crippen molar-refractivity contribution >= 4 is 0 Å². The van der Waals surface area contributed by atoms with Gasteiger partial charge in [0, 0.05) is 19.2 Å². The smallest absolute Gasteiger partial charge is 0.123 e. The molecule has 114 valence electrons. The Labute approximate surface area is 121 Å². The molecule has 0 aromatic heterocycles. The Kier molecular flexibility index (Phi) is 9.87. The predicted molar refractivity (Wildman–Crippen MR) is 78.2 cm³/mol. The Morgan fingerprint density at radius 1 is 0.900 bits per heavy atom. The molecule has 0 saturated heterocycles. The highest BCUT2D eigenvalue weighted by Crippen LogP contribution is 2.17. The molecule has 0 spiro atoms. The van der Waals surface area contributed by atoms with E-state index in [1.807, 2.05) is 25.2 Å². The molecule has 0 amide bonds. The van der Waals surface area contributed by atoms with Crippen molar-refractivity contribution in [2.24, 2.45) is 0 Å². The first-order chi connectivity index (χ1) is 9.88. The maximum absolute atomic E-state index is 5.71. The summed E-state index contributed by atoms with van der Waals surface area (Å²) in [5.74, 6) is 0.904. The molecule has 0 aliphatic rings. The largest absolute Gasteiger partial charge is 0.491 e. The third kappa shape index (κ3) is 7.45. The van der Waals surface area contributed by atoms with Crippen molar-refractivity contribution in [2.75, 3.05) is 53.8 Å². The molecular formula is C15H25NO4. The number of benzene rings is 1. The summed E-state index contributed by atoms with van der Waals surface area (Å²) in [6, 6.07) is 8.00. The zero-order chi connectivity index (χ0) is 14.5. The topological polar surface area (TPSA) is 49.0 Å². The van der Waals surface area contributed by atoms with Crippen LogP contribution in [0.3, 0.4) is 0 Å². The lowest BCUT2D eigenvalue weighted by Gasteiger charge is -2.11. The van der Waals surface area contributed by atoms with Gasteiger partial charge in [-0.25, -0.2) is 0 Å². The van der Waals surface area contributed by atoms with Gasteiger partial charge in [0.15, 0.2) is 0 Å². The van der Waals surface area contributed by atoms with Crippen molar-refractivity contribution in [1.29, 1.82) is 0 Å². The van der Waals surface area contributed by atoms with Gasteiger partial charge >= 0.3 is 0 Å². The molecule has 5 heteroatoms. The molecule has 1 N–H and O–H groups in total. The van der Waals surface area contributed by atoms with Gasteiger partial charge in [-0.05, 0) is 13.1 Å². The molecule has 5 nitrogen and oxygen atoms in total. The van der Waals surface area contributed by atoms with Gasteiger partial charge in [-0.2, -0.15) is 0 Å². The highest BCUT2D eigenvalue weighted by Gasteiger charge is 2.01. The molecule has 0 heterocycles. The number of methoxy groups -OCH3 is 1. The summed E-state index contributed by atoms with van der Waals surface area (Å²) in [5.41, 5.74) is 1.15. The average molecular weight is 283 g/mol. The van der Waals surface area contributed by atoms with E-state index >= 15 is 0 Å². The minimum Gasteiger partial charge on any atom is -0.491 e.